The first-order chi connectivity index (χ1) is 12.5. The van der Waals surface area contributed by atoms with Crippen LogP contribution in [0.2, 0.25) is 0 Å². The highest BCUT2D eigenvalue weighted by Crippen LogP contribution is 2.32. The van der Waals surface area contributed by atoms with Crippen LogP contribution in [0, 0.1) is 0 Å². The zero-order valence-electron chi connectivity index (χ0n) is 13.9. The van der Waals surface area contributed by atoms with Gasteiger partial charge in [-0.15, -0.1) is 11.3 Å². The van der Waals surface area contributed by atoms with E-state index in [1.165, 1.54) is 17.4 Å². The van der Waals surface area contributed by atoms with E-state index < -0.39 is 15.9 Å². The Labute approximate surface area is 159 Å². The van der Waals surface area contributed by atoms with Gasteiger partial charge in [0.1, 0.15) is 15.5 Å². The monoisotopic (exact) mass is 411 g/mol. The lowest BCUT2D eigenvalue weighted by Gasteiger charge is -2.07. The number of rotatable bonds is 8. The Morgan fingerprint density at radius 1 is 1.31 bits per heavy atom. The average molecular weight is 412 g/mol. The van der Waals surface area contributed by atoms with Crippen LogP contribution in [-0.2, 0) is 10.0 Å². The fourth-order valence-electron chi connectivity index (χ4n) is 2.22. The van der Waals surface area contributed by atoms with Crippen LogP contribution in [0.15, 0.2) is 43.1 Å². The maximum atomic E-state index is 12.6. The SMILES string of the molecule is CCCCNC(=O)c1c(-c2ccsc2)noc1NS(=O)(=O)c1cccs1. The standard InChI is InChI=1S/C16H17N3O4S3/c1-2-3-7-17-15(20)13-14(11-6-9-24-10-11)18-23-16(13)19-26(21,22)12-5-4-8-25-12/h4-6,8-10,19H,2-3,7H2,1H3,(H,17,20). The fourth-order valence-corrected chi connectivity index (χ4v) is 4.85. The third-order valence-electron chi connectivity index (χ3n) is 3.52. The van der Waals surface area contributed by atoms with Crippen molar-refractivity contribution >= 4 is 44.5 Å². The molecule has 0 atom stereocenters. The van der Waals surface area contributed by atoms with Gasteiger partial charge in [0.15, 0.2) is 0 Å². The van der Waals surface area contributed by atoms with Gasteiger partial charge >= 0.3 is 0 Å². The Hall–Kier alpha value is -2.17. The van der Waals surface area contributed by atoms with Crippen LogP contribution in [0.1, 0.15) is 30.1 Å². The molecule has 0 aliphatic heterocycles. The molecule has 138 valence electrons. The first-order valence-electron chi connectivity index (χ1n) is 7.89. The molecular weight excluding hydrogens is 394 g/mol. The lowest BCUT2D eigenvalue weighted by atomic mass is 10.1. The largest absolute Gasteiger partial charge is 0.352 e. The van der Waals surface area contributed by atoms with Crippen LogP contribution in [0.5, 0.6) is 0 Å². The number of sulfonamides is 1. The number of carbonyl (C=O) groups is 1. The number of amides is 1. The fraction of sp³-hybridized carbons (Fsp3) is 0.250. The number of nitrogens with zero attached hydrogens (tertiary/aromatic N) is 1. The summed E-state index contributed by atoms with van der Waals surface area (Å²) in [4.78, 5) is 12.6. The summed E-state index contributed by atoms with van der Waals surface area (Å²) >= 11 is 2.52. The van der Waals surface area contributed by atoms with Crippen molar-refractivity contribution in [2.45, 2.75) is 24.0 Å². The number of aromatic nitrogens is 1. The highest BCUT2D eigenvalue weighted by Gasteiger charge is 2.28. The number of nitrogens with one attached hydrogen (secondary N) is 2. The molecule has 0 radical (unpaired) electrons. The predicted molar refractivity (Wildman–Crippen MR) is 102 cm³/mol. The Balaban J connectivity index is 1.96. The van der Waals surface area contributed by atoms with Crippen LogP contribution in [-0.4, -0.2) is 26.0 Å². The van der Waals surface area contributed by atoms with Crippen molar-refractivity contribution in [2.75, 3.05) is 11.3 Å². The van der Waals surface area contributed by atoms with Gasteiger partial charge in [-0.05, 0) is 29.3 Å². The molecule has 10 heteroatoms. The number of carbonyl (C=O) groups excluding carboxylic acids is 1. The van der Waals surface area contributed by atoms with Crippen LogP contribution >= 0.6 is 22.7 Å². The molecule has 2 N–H and O–H groups in total. The second-order valence-electron chi connectivity index (χ2n) is 5.39. The summed E-state index contributed by atoms with van der Waals surface area (Å²) in [6.07, 6.45) is 1.75. The number of hydrogen-bond acceptors (Lipinski definition) is 7. The zero-order valence-corrected chi connectivity index (χ0v) is 16.3. The normalized spacial score (nSPS) is 11.4. The molecule has 3 heterocycles. The highest BCUT2D eigenvalue weighted by molar-refractivity contribution is 7.94. The van der Waals surface area contributed by atoms with E-state index in [1.807, 2.05) is 17.7 Å². The molecule has 3 aromatic rings. The number of thiophene rings is 2. The van der Waals surface area contributed by atoms with E-state index in [-0.39, 0.29) is 15.7 Å². The summed E-state index contributed by atoms with van der Waals surface area (Å²) in [5.74, 6) is -0.613. The van der Waals surface area contributed by atoms with Gasteiger partial charge in [0.25, 0.3) is 21.8 Å². The summed E-state index contributed by atoms with van der Waals surface area (Å²) in [5.41, 5.74) is 1.09. The van der Waals surface area contributed by atoms with E-state index >= 15 is 0 Å². The van der Waals surface area contributed by atoms with Gasteiger partial charge in [0.05, 0.1) is 0 Å². The molecule has 0 fully saturated rings. The summed E-state index contributed by atoms with van der Waals surface area (Å²) in [7, 11) is -3.85. The molecule has 0 bridgehead atoms. The van der Waals surface area contributed by atoms with E-state index in [0.29, 0.717) is 17.8 Å². The smallest absolute Gasteiger partial charge is 0.273 e. The first-order valence-corrected chi connectivity index (χ1v) is 11.2. The Morgan fingerprint density at radius 2 is 2.15 bits per heavy atom. The summed E-state index contributed by atoms with van der Waals surface area (Å²) in [6.45, 7) is 2.50. The van der Waals surface area contributed by atoms with Crippen molar-refractivity contribution < 1.29 is 17.7 Å². The van der Waals surface area contributed by atoms with Crippen LogP contribution in [0.3, 0.4) is 0 Å². The van der Waals surface area contributed by atoms with Crippen molar-refractivity contribution in [3.05, 3.63) is 39.9 Å². The average Bonchev–Trinajstić information content (AvgIpc) is 3.35. The summed E-state index contributed by atoms with van der Waals surface area (Å²) in [6, 6.07) is 4.90. The molecule has 7 nitrogen and oxygen atoms in total. The second-order valence-corrected chi connectivity index (χ2v) is 9.03. The summed E-state index contributed by atoms with van der Waals surface area (Å²) < 4.78 is 32.6. The lowest BCUT2D eigenvalue weighted by molar-refractivity contribution is 0.0954. The third kappa shape index (κ3) is 3.97. The van der Waals surface area contributed by atoms with Gasteiger partial charge in [0, 0.05) is 17.5 Å². The molecule has 0 saturated heterocycles. The number of hydrogen-bond donors (Lipinski definition) is 2. The molecule has 0 aliphatic rings. The first kappa shape index (κ1) is 18.6. The molecular formula is C16H17N3O4S3. The summed E-state index contributed by atoms with van der Waals surface area (Å²) in [5, 5.41) is 12.0. The van der Waals surface area contributed by atoms with E-state index in [2.05, 4.69) is 15.2 Å². The van der Waals surface area contributed by atoms with Crippen molar-refractivity contribution in [3.8, 4) is 11.3 Å². The predicted octanol–water partition coefficient (Wildman–Crippen LogP) is 3.80. The molecule has 3 aromatic heterocycles. The van der Waals surface area contributed by atoms with E-state index in [9.17, 15) is 13.2 Å². The van der Waals surface area contributed by atoms with E-state index in [0.717, 1.165) is 24.2 Å². The number of anilines is 1. The number of unbranched alkanes of at least 4 members (excludes halogenated alkanes) is 1. The molecule has 1 amide bonds. The maximum Gasteiger partial charge on any atom is 0.273 e. The molecule has 0 aliphatic carbocycles. The molecule has 0 unspecified atom stereocenters. The second kappa shape index (κ2) is 8.02. The lowest BCUT2D eigenvalue weighted by Crippen LogP contribution is -2.26. The zero-order chi connectivity index (χ0) is 18.6. The van der Waals surface area contributed by atoms with Crippen LogP contribution in [0.4, 0.5) is 5.88 Å². The minimum atomic E-state index is -3.85. The van der Waals surface area contributed by atoms with Crippen molar-refractivity contribution in [1.82, 2.24) is 10.5 Å². The van der Waals surface area contributed by atoms with E-state index in [1.54, 1.807) is 17.5 Å². The molecule has 3 rings (SSSR count). The maximum absolute atomic E-state index is 12.6. The van der Waals surface area contributed by atoms with Crippen LogP contribution in [0.25, 0.3) is 11.3 Å². The van der Waals surface area contributed by atoms with Crippen molar-refractivity contribution in [1.29, 1.82) is 0 Å². The van der Waals surface area contributed by atoms with Crippen molar-refractivity contribution in [2.24, 2.45) is 0 Å². The van der Waals surface area contributed by atoms with E-state index in [4.69, 9.17) is 4.52 Å². The quantitative estimate of drug-likeness (QED) is 0.549. The topological polar surface area (TPSA) is 101 Å². The Kier molecular flexibility index (Phi) is 5.74. The van der Waals surface area contributed by atoms with Gasteiger partial charge in [-0.1, -0.05) is 24.6 Å². The minimum absolute atomic E-state index is 0.0830. The minimum Gasteiger partial charge on any atom is -0.352 e. The van der Waals surface area contributed by atoms with Crippen molar-refractivity contribution in [3.63, 3.8) is 0 Å². The van der Waals surface area contributed by atoms with Gasteiger partial charge in [-0.2, -0.15) is 11.3 Å². The Bertz CT molecular complexity index is 961. The molecule has 0 saturated carbocycles. The van der Waals surface area contributed by atoms with Gasteiger partial charge < -0.3 is 9.84 Å². The highest BCUT2D eigenvalue weighted by atomic mass is 32.2. The molecule has 0 aromatic carbocycles. The van der Waals surface area contributed by atoms with Crippen LogP contribution < -0.4 is 10.0 Å². The molecule has 0 spiro atoms. The van der Waals surface area contributed by atoms with Gasteiger partial charge in [0.2, 0.25) is 0 Å². The third-order valence-corrected chi connectivity index (χ3v) is 6.93. The van der Waals surface area contributed by atoms with Gasteiger partial charge in [-0.3, -0.25) is 4.79 Å². The van der Waals surface area contributed by atoms with Gasteiger partial charge in [-0.25, -0.2) is 13.1 Å². The molecule has 26 heavy (non-hydrogen) atoms. The Morgan fingerprint density at radius 3 is 2.81 bits per heavy atom.